The van der Waals surface area contributed by atoms with E-state index in [9.17, 15) is 57.9 Å². The minimum absolute atomic E-state index is 0.101. The number of fused-ring (bicyclic) bond motifs is 1. The molecule has 0 bridgehead atoms. The SMILES string of the molecule is COc1cc(F)c(C(=O)N2CC(S(C)(=O)=O)C2)cc1C(=O)Nc1c(C(=O)Nc2ccc(F)c(C(F)(F)F)c2)sc2cc(C(F)(F)F)ccc12. The van der Waals surface area contributed by atoms with E-state index in [-0.39, 0.29) is 23.2 Å². The number of benzene rings is 3. The summed E-state index contributed by atoms with van der Waals surface area (Å²) in [5.41, 5.74) is -4.86. The summed E-state index contributed by atoms with van der Waals surface area (Å²) in [6, 6.07) is 5.37. The quantitative estimate of drug-likeness (QED) is 0.207. The highest BCUT2D eigenvalue weighted by molar-refractivity contribution is 7.91. The highest BCUT2D eigenvalue weighted by Gasteiger charge is 2.39. The van der Waals surface area contributed by atoms with Gasteiger partial charge in [-0.3, -0.25) is 14.4 Å². The summed E-state index contributed by atoms with van der Waals surface area (Å²) >= 11 is 0.444. The van der Waals surface area contributed by atoms with Gasteiger partial charge >= 0.3 is 12.4 Å². The van der Waals surface area contributed by atoms with Gasteiger partial charge in [0.25, 0.3) is 17.7 Å². The number of ether oxygens (including phenoxy) is 1. The summed E-state index contributed by atoms with van der Waals surface area (Å²) in [6.07, 6.45) is -8.97. The predicted molar refractivity (Wildman–Crippen MR) is 162 cm³/mol. The Morgan fingerprint density at radius 2 is 1.53 bits per heavy atom. The largest absolute Gasteiger partial charge is 0.496 e. The molecule has 0 aliphatic carbocycles. The number of alkyl halides is 6. The molecular formula is C30H21F8N3O6S2. The van der Waals surface area contributed by atoms with Gasteiger partial charge in [-0.25, -0.2) is 17.2 Å². The van der Waals surface area contributed by atoms with Crippen LogP contribution >= 0.6 is 11.3 Å². The lowest BCUT2D eigenvalue weighted by Gasteiger charge is -2.38. The summed E-state index contributed by atoms with van der Waals surface area (Å²) in [4.78, 5) is 40.5. The van der Waals surface area contributed by atoms with Gasteiger partial charge < -0.3 is 20.3 Å². The van der Waals surface area contributed by atoms with E-state index in [0.717, 1.165) is 36.5 Å². The molecule has 19 heteroatoms. The fourth-order valence-corrected chi connectivity index (χ4v) is 6.85. The second kappa shape index (κ2) is 12.6. The monoisotopic (exact) mass is 735 g/mol. The maximum absolute atomic E-state index is 15.0. The topological polar surface area (TPSA) is 122 Å². The molecule has 5 rings (SSSR count). The minimum Gasteiger partial charge on any atom is -0.496 e. The van der Waals surface area contributed by atoms with Crippen molar-refractivity contribution in [2.75, 3.05) is 37.1 Å². The molecule has 0 saturated carbocycles. The first-order chi connectivity index (χ1) is 22.7. The second-order valence-corrected chi connectivity index (χ2v) is 14.2. The number of carbonyl (C=O) groups is 3. The van der Waals surface area contributed by atoms with Gasteiger partial charge in [-0.15, -0.1) is 11.3 Å². The molecule has 1 aromatic heterocycles. The Balaban J connectivity index is 1.53. The number of anilines is 2. The van der Waals surface area contributed by atoms with Gasteiger partial charge in [0.15, 0.2) is 9.84 Å². The van der Waals surface area contributed by atoms with Crippen molar-refractivity contribution in [1.29, 1.82) is 0 Å². The number of hydrogen-bond donors (Lipinski definition) is 2. The number of methoxy groups -OCH3 is 1. The van der Waals surface area contributed by atoms with E-state index in [0.29, 0.717) is 41.7 Å². The van der Waals surface area contributed by atoms with Crippen LogP contribution in [0.1, 0.15) is 41.5 Å². The molecule has 3 aromatic carbocycles. The summed E-state index contributed by atoms with van der Waals surface area (Å²) in [7, 11) is -2.43. The zero-order valence-electron chi connectivity index (χ0n) is 24.8. The van der Waals surface area contributed by atoms with Crippen LogP contribution in [0, 0.1) is 11.6 Å². The third kappa shape index (κ3) is 7.17. The molecule has 2 heterocycles. The fourth-order valence-electron chi connectivity index (χ4n) is 4.86. The average Bonchev–Trinajstić information content (AvgIpc) is 3.32. The molecule has 49 heavy (non-hydrogen) atoms. The highest BCUT2D eigenvalue weighted by Crippen LogP contribution is 2.41. The standard InChI is InChI=1S/C30H21F8N3O6S2/c1-47-22-10-21(32)17(28(44)41-11-15(12-41)49(2,45)46)9-18(22)26(42)40-24-16-5-3-13(29(33,34)35)7-23(16)48-25(24)27(43)39-14-4-6-20(31)19(8-14)30(36,37)38/h3-10,15H,11-12H2,1-2H3,(H,39,43)(H,40,42). The van der Waals surface area contributed by atoms with Crippen molar-refractivity contribution in [3.8, 4) is 5.75 Å². The van der Waals surface area contributed by atoms with Gasteiger partial charge in [-0.1, -0.05) is 6.07 Å². The van der Waals surface area contributed by atoms with Crippen LogP contribution in [0.25, 0.3) is 10.1 Å². The third-order valence-electron chi connectivity index (χ3n) is 7.50. The molecule has 0 radical (unpaired) electrons. The van der Waals surface area contributed by atoms with Crippen molar-refractivity contribution < 1.29 is 62.7 Å². The number of nitrogens with zero attached hydrogens (tertiary/aromatic N) is 1. The van der Waals surface area contributed by atoms with Crippen molar-refractivity contribution in [2.24, 2.45) is 0 Å². The Morgan fingerprint density at radius 3 is 2.12 bits per heavy atom. The maximum atomic E-state index is 15.0. The number of rotatable bonds is 7. The predicted octanol–water partition coefficient (Wildman–Crippen LogP) is 6.60. The normalized spacial score (nSPS) is 14.0. The minimum atomic E-state index is -5.13. The number of amides is 3. The van der Waals surface area contributed by atoms with Crippen LogP contribution in [0.15, 0.2) is 48.5 Å². The number of hydrogen-bond acceptors (Lipinski definition) is 7. The van der Waals surface area contributed by atoms with E-state index in [1.807, 2.05) is 0 Å². The summed E-state index contributed by atoms with van der Waals surface area (Å²) < 4.78 is 137. The van der Waals surface area contributed by atoms with E-state index in [1.54, 1.807) is 0 Å². The molecular weight excluding hydrogens is 714 g/mol. The van der Waals surface area contributed by atoms with E-state index in [1.165, 1.54) is 0 Å². The molecule has 2 N–H and O–H groups in total. The molecule has 260 valence electrons. The average molecular weight is 736 g/mol. The van der Waals surface area contributed by atoms with Crippen molar-refractivity contribution in [3.05, 3.63) is 87.3 Å². The highest BCUT2D eigenvalue weighted by atomic mass is 32.2. The third-order valence-corrected chi connectivity index (χ3v) is 10.2. The Morgan fingerprint density at radius 1 is 0.857 bits per heavy atom. The number of thiophene rings is 1. The number of likely N-dealkylation sites (tertiary alicyclic amines) is 1. The van der Waals surface area contributed by atoms with Crippen molar-refractivity contribution in [1.82, 2.24) is 4.90 Å². The van der Waals surface area contributed by atoms with Gasteiger partial charge in [0.2, 0.25) is 0 Å². The molecule has 4 aromatic rings. The van der Waals surface area contributed by atoms with E-state index >= 15 is 0 Å². The fraction of sp³-hybridized carbons (Fsp3) is 0.233. The first-order valence-electron chi connectivity index (χ1n) is 13.7. The van der Waals surface area contributed by atoms with Gasteiger partial charge in [0, 0.05) is 41.2 Å². The van der Waals surface area contributed by atoms with Crippen LogP contribution in [-0.2, 0) is 22.2 Å². The molecule has 0 unspecified atom stereocenters. The van der Waals surface area contributed by atoms with Gasteiger partial charge in [0.05, 0.1) is 40.3 Å². The Labute approximate surface area is 275 Å². The molecule has 1 aliphatic heterocycles. The molecule has 9 nitrogen and oxygen atoms in total. The van der Waals surface area contributed by atoms with Crippen LogP contribution in [0.4, 0.5) is 46.5 Å². The molecule has 1 fully saturated rings. The lowest BCUT2D eigenvalue weighted by Crippen LogP contribution is -2.56. The Hall–Kier alpha value is -4.78. The van der Waals surface area contributed by atoms with Crippen molar-refractivity contribution >= 4 is 60.4 Å². The molecule has 1 saturated heterocycles. The van der Waals surface area contributed by atoms with Crippen LogP contribution < -0.4 is 15.4 Å². The second-order valence-electron chi connectivity index (χ2n) is 10.8. The van der Waals surface area contributed by atoms with Crippen molar-refractivity contribution in [2.45, 2.75) is 17.6 Å². The van der Waals surface area contributed by atoms with Gasteiger partial charge in [-0.05, 0) is 36.4 Å². The Bertz CT molecular complexity index is 2120. The Kier molecular flexibility index (Phi) is 9.13. The molecule has 1 aliphatic rings. The molecule has 3 amide bonds. The smallest absolute Gasteiger partial charge is 0.419 e. The first kappa shape index (κ1) is 35.5. The van der Waals surface area contributed by atoms with Crippen molar-refractivity contribution in [3.63, 3.8) is 0 Å². The molecule has 0 atom stereocenters. The van der Waals surface area contributed by atoms with Crippen LogP contribution in [0.2, 0.25) is 0 Å². The van der Waals surface area contributed by atoms with Gasteiger partial charge in [-0.2, -0.15) is 26.3 Å². The number of nitrogens with one attached hydrogen (secondary N) is 2. The summed E-state index contributed by atoms with van der Waals surface area (Å²) in [5.74, 6) is -6.44. The molecule has 0 spiro atoms. The summed E-state index contributed by atoms with van der Waals surface area (Å²) in [6.45, 7) is -0.467. The first-order valence-corrected chi connectivity index (χ1v) is 16.4. The van der Waals surface area contributed by atoms with Crippen LogP contribution in [0.3, 0.4) is 0 Å². The van der Waals surface area contributed by atoms with Crippen LogP contribution in [-0.4, -0.2) is 62.7 Å². The number of sulfone groups is 1. The number of halogens is 8. The number of carbonyl (C=O) groups excluding carboxylic acids is 3. The summed E-state index contributed by atoms with van der Waals surface area (Å²) in [5, 5.41) is 3.49. The van der Waals surface area contributed by atoms with E-state index in [2.05, 4.69) is 10.6 Å². The maximum Gasteiger partial charge on any atom is 0.419 e. The van der Waals surface area contributed by atoms with E-state index < -0.39 is 101 Å². The van der Waals surface area contributed by atoms with E-state index in [4.69, 9.17) is 4.74 Å². The lowest BCUT2D eigenvalue weighted by atomic mass is 10.0. The van der Waals surface area contributed by atoms with Crippen LogP contribution in [0.5, 0.6) is 5.75 Å². The van der Waals surface area contributed by atoms with Gasteiger partial charge in [0.1, 0.15) is 22.3 Å². The zero-order chi connectivity index (χ0) is 36.2. The lowest BCUT2D eigenvalue weighted by molar-refractivity contribution is -0.140. The zero-order valence-corrected chi connectivity index (χ0v) is 26.5.